The molecule has 0 aliphatic heterocycles. The van der Waals surface area contributed by atoms with Gasteiger partial charge in [0.2, 0.25) is 5.95 Å². The lowest BCUT2D eigenvalue weighted by Crippen LogP contribution is -2.17. The van der Waals surface area contributed by atoms with Gasteiger partial charge in [0.15, 0.2) is 0 Å². The van der Waals surface area contributed by atoms with Gasteiger partial charge in [-0.05, 0) is 29.8 Å². The summed E-state index contributed by atoms with van der Waals surface area (Å²) >= 11 is 0. The van der Waals surface area contributed by atoms with Crippen molar-refractivity contribution in [3.05, 3.63) is 65.7 Å². The molecule has 0 unspecified atom stereocenters. The zero-order chi connectivity index (χ0) is 23.3. The Balaban J connectivity index is 1.90. The normalized spacial score (nSPS) is 11.2. The summed E-state index contributed by atoms with van der Waals surface area (Å²) in [5.74, 6) is -3.19. The van der Waals surface area contributed by atoms with Gasteiger partial charge >= 0.3 is 12.3 Å². The van der Waals surface area contributed by atoms with E-state index >= 15 is 0 Å². The van der Waals surface area contributed by atoms with Crippen molar-refractivity contribution in [2.45, 2.75) is 12.9 Å². The van der Waals surface area contributed by atoms with E-state index in [9.17, 15) is 26.7 Å². The molecule has 32 heavy (non-hydrogen) atoms. The van der Waals surface area contributed by atoms with Crippen LogP contribution in [0.1, 0.15) is 5.56 Å². The maximum Gasteiger partial charge on any atom is 0.573 e. The van der Waals surface area contributed by atoms with Crippen LogP contribution in [-0.4, -0.2) is 34.0 Å². The molecular formula is C20H15F5N4O3. The second-order valence-corrected chi connectivity index (χ2v) is 6.42. The predicted octanol–water partition coefficient (Wildman–Crippen LogP) is 4.43. The molecule has 0 spiro atoms. The Hall–Kier alpha value is -3.96. The predicted molar refractivity (Wildman–Crippen MR) is 104 cm³/mol. The van der Waals surface area contributed by atoms with E-state index in [2.05, 4.69) is 25.3 Å². The molecule has 0 saturated carbocycles. The minimum absolute atomic E-state index is 0.0409. The van der Waals surface area contributed by atoms with Gasteiger partial charge in [0, 0.05) is 24.2 Å². The van der Waals surface area contributed by atoms with Crippen molar-refractivity contribution in [3.63, 3.8) is 0 Å². The average Bonchev–Trinajstić information content (AvgIpc) is 2.69. The molecule has 0 radical (unpaired) electrons. The molecule has 0 aliphatic carbocycles. The number of aromatic nitrogens is 2. The Kier molecular flexibility index (Phi) is 6.71. The molecule has 7 nitrogen and oxygen atoms in total. The Morgan fingerprint density at radius 2 is 1.72 bits per heavy atom. The Morgan fingerprint density at radius 3 is 2.38 bits per heavy atom. The molecule has 0 aliphatic rings. The molecule has 12 heteroatoms. The lowest BCUT2D eigenvalue weighted by atomic mass is 10.1. The van der Waals surface area contributed by atoms with Gasteiger partial charge in [0.1, 0.15) is 29.7 Å². The summed E-state index contributed by atoms with van der Waals surface area (Å²) in [4.78, 5) is 19.0. The van der Waals surface area contributed by atoms with Gasteiger partial charge in [0.05, 0.1) is 5.69 Å². The Labute approximate surface area is 177 Å². The fourth-order valence-corrected chi connectivity index (χ4v) is 2.68. The lowest BCUT2D eigenvalue weighted by molar-refractivity contribution is -0.274. The van der Waals surface area contributed by atoms with Crippen LogP contribution in [0, 0.1) is 11.6 Å². The first-order chi connectivity index (χ1) is 15.1. The summed E-state index contributed by atoms with van der Waals surface area (Å²) < 4.78 is 68.2. The summed E-state index contributed by atoms with van der Waals surface area (Å²) in [7, 11) is 0. The highest BCUT2D eigenvalue weighted by molar-refractivity contribution is 5.72. The first-order valence-electron chi connectivity index (χ1n) is 8.97. The van der Waals surface area contributed by atoms with Crippen molar-refractivity contribution in [1.29, 1.82) is 0 Å². The van der Waals surface area contributed by atoms with Crippen LogP contribution in [0.3, 0.4) is 0 Å². The third-order valence-corrected chi connectivity index (χ3v) is 3.88. The lowest BCUT2D eigenvalue weighted by Gasteiger charge is -2.13. The van der Waals surface area contributed by atoms with Gasteiger partial charge in [-0.15, -0.1) is 13.2 Å². The van der Waals surface area contributed by atoms with Crippen molar-refractivity contribution < 1.29 is 36.6 Å². The highest BCUT2D eigenvalue weighted by Crippen LogP contribution is 2.28. The topological polar surface area (TPSA) is 96.4 Å². The SMILES string of the molecule is O=C(O)CNc1nc(NCc2cc(F)cc(F)c2)cc(-c2cccc(OC(F)(F)F)c2)n1. The van der Waals surface area contributed by atoms with E-state index in [1.807, 2.05) is 0 Å². The van der Waals surface area contributed by atoms with Gasteiger partial charge in [0.25, 0.3) is 0 Å². The smallest absolute Gasteiger partial charge is 0.480 e. The highest BCUT2D eigenvalue weighted by atomic mass is 19.4. The van der Waals surface area contributed by atoms with Crippen LogP contribution in [0.15, 0.2) is 48.5 Å². The Bertz CT molecular complexity index is 1100. The standard InChI is InChI=1S/C20H15F5N4O3/c21-13-4-11(5-14(22)7-13)9-26-17-8-16(28-19(29-17)27-10-18(30)31)12-2-1-3-15(6-12)32-20(23,24)25/h1-8H,9-10H2,(H,30,31)(H2,26,27,28,29). The van der Waals surface area contributed by atoms with E-state index in [0.29, 0.717) is 0 Å². The summed E-state index contributed by atoms with van der Waals surface area (Å²) in [5.41, 5.74) is 0.643. The number of rotatable bonds is 8. The molecule has 2 aromatic carbocycles. The fourth-order valence-electron chi connectivity index (χ4n) is 2.68. The zero-order valence-electron chi connectivity index (χ0n) is 16.1. The number of hydrogen-bond acceptors (Lipinski definition) is 6. The number of carbonyl (C=O) groups is 1. The second-order valence-electron chi connectivity index (χ2n) is 6.42. The van der Waals surface area contributed by atoms with E-state index < -0.39 is 36.3 Å². The number of carboxylic acids is 1. The third kappa shape index (κ3) is 6.79. The van der Waals surface area contributed by atoms with Crippen LogP contribution in [0.4, 0.5) is 33.7 Å². The largest absolute Gasteiger partial charge is 0.573 e. The van der Waals surface area contributed by atoms with Crippen LogP contribution < -0.4 is 15.4 Å². The van der Waals surface area contributed by atoms with Crippen molar-refractivity contribution in [3.8, 4) is 17.0 Å². The molecule has 0 saturated heterocycles. The molecule has 3 N–H and O–H groups in total. The average molecular weight is 454 g/mol. The van der Waals surface area contributed by atoms with Crippen LogP contribution in [-0.2, 0) is 11.3 Å². The second kappa shape index (κ2) is 9.45. The highest BCUT2D eigenvalue weighted by Gasteiger charge is 2.31. The summed E-state index contributed by atoms with van der Waals surface area (Å²) in [6.07, 6.45) is -4.88. The number of hydrogen-bond donors (Lipinski definition) is 3. The number of aliphatic carboxylic acids is 1. The zero-order valence-corrected chi connectivity index (χ0v) is 16.1. The quantitative estimate of drug-likeness (QED) is 0.434. The van der Waals surface area contributed by atoms with E-state index in [1.165, 1.54) is 18.2 Å². The molecule has 0 amide bonds. The van der Waals surface area contributed by atoms with E-state index in [4.69, 9.17) is 5.11 Å². The van der Waals surface area contributed by atoms with Gasteiger partial charge < -0.3 is 20.5 Å². The number of alkyl halides is 3. The molecule has 1 heterocycles. The van der Waals surface area contributed by atoms with Gasteiger partial charge in [-0.25, -0.2) is 13.8 Å². The van der Waals surface area contributed by atoms with Crippen LogP contribution in [0.2, 0.25) is 0 Å². The summed E-state index contributed by atoms with van der Waals surface area (Å²) in [5, 5.41) is 14.1. The first-order valence-corrected chi connectivity index (χ1v) is 8.97. The Morgan fingerprint density at radius 1 is 1.00 bits per heavy atom. The van der Waals surface area contributed by atoms with Crippen LogP contribution in [0.25, 0.3) is 11.3 Å². The molecule has 1 aromatic heterocycles. The molecule has 0 fully saturated rings. The molecule has 168 valence electrons. The molecule has 0 bridgehead atoms. The number of carboxylic acid groups (broad SMARTS) is 1. The fraction of sp³-hybridized carbons (Fsp3) is 0.150. The number of nitrogens with zero attached hydrogens (tertiary/aromatic N) is 2. The van der Waals surface area contributed by atoms with Crippen molar-refractivity contribution in [2.75, 3.05) is 17.2 Å². The maximum atomic E-state index is 13.4. The summed E-state index contributed by atoms with van der Waals surface area (Å²) in [6.45, 7) is -0.560. The molecular weight excluding hydrogens is 439 g/mol. The van der Waals surface area contributed by atoms with Crippen molar-refractivity contribution >= 4 is 17.7 Å². The minimum Gasteiger partial charge on any atom is -0.480 e. The van der Waals surface area contributed by atoms with E-state index in [1.54, 1.807) is 0 Å². The van der Waals surface area contributed by atoms with Crippen molar-refractivity contribution in [2.24, 2.45) is 0 Å². The number of benzene rings is 2. The number of anilines is 2. The number of nitrogens with one attached hydrogen (secondary N) is 2. The van der Waals surface area contributed by atoms with Crippen molar-refractivity contribution in [1.82, 2.24) is 9.97 Å². The first kappa shape index (κ1) is 22.7. The van der Waals surface area contributed by atoms with E-state index in [-0.39, 0.29) is 35.1 Å². The van der Waals surface area contributed by atoms with Gasteiger partial charge in [-0.3, -0.25) is 4.79 Å². The molecule has 3 rings (SSSR count). The van der Waals surface area contributed by atoms with E-state index in [0.717, 1.165) is 30.3 Å². The number of ether oxygens (including phenoxy) is 1. The third-order valence-electron chi connectivity index (χ3n) is 3.88. The number of halogens is 5. The minimum atomic E-state index is -4.88. The maximum absolute atomic E-state index is 13.4. The summed E-state index contributed by atoms with van der Waals surface area (Å²) in [6, 6.07) is 9.33. The molecule has 0 atom stereocenters. The molecule has 3 aromatic rings. The van der Waals surface area contributed by atoms with Crippen LogP contribution >= 0.6 is 0 Å². The van der Waals surface area contributed by atoms with Gasteiger partial charge in [-0.1, -0.05) is 12.1 Å². The monoisotopic (exact) mass is 454 g/mol. The van der Waals surface area contributed by atoms with Crippen LogP contribution in [0.5, 0.6) is 5.75 Å². The van der Waals surface area contributed by atoms with Gasteiger partial charge in [-0.2, -0.15) is 4.98 Å².